The summed E-state index contributed by atoms with van der Waals surface area (Å²) in [5, 5.41) is 0. The molecule has 0 unspecified atom stereocenters. The summed E-state index contributed by atoms with van der Waals surface area (Å²) in [6.07, 6.45) is 2.78. The Morgan fingerprint density at radius 3 is 2.45 bits per heavy atom. The quantitative estimate of drug-likeness (QED) is 0.805. The zero-order valence-corrected chi connectivity index (χ0v) is 13.3. The number of benzene rings is 1. The first-order valence-electron chi connectivity index (χ1n) is 5.42. The van der Waals surface area contributed by atoms with Gasteiger partial charge in [0.05, 0.1) is 0 Å². The number of pyridine rings is 1. The lowest BCUT2D eigenvalue weighted by molar-refractivity contribution is 0.600. The van der Waals surface area contributed by atoms with Crippen molar-refractivity contribution in [2.45, 2.75) is 4.90 Å². The molecule has 1 aromatic heterocycles. The highest BCUT2D eigenvalue weighted by Crippen LogP contribution is 2.18. The lowest BCUT2D eigenvalue weighted by atomic mass is 10.2. The van der Waals surface area contributed by atoms with Gasteiger partial charge in [-0.2, -0.15) is 0 Å². The molecule has 0 aliphatic heterocycles. The number of thiocarbonyl (C=S) groups is 1. The lowest BCUT2D eigenvalue weighted by Gasteiger charge is -2.08. The van der Waals surface area contributed by atoms with Gasteiger partial charge in [0.15, 0.2) is 0 Å². The van der Waals surface area contributed by atoms with Gasteiger partial charge in [0.25, 0.3) is 10.0 Å². The summed E-state index contributed by atoms with van der Waals surface area (Å²) >= 11 is 8.01. The van der Waals surface area contributed by atoms with Crippen LogP contribution in [0.2, 0.25) is 0 Å². The van der Waals surface area contributed by atoms with E-state index in [4.69, 9.17) is 18.0 Å². The van der Waals surface area contributed by atoms with E-state index in [1.807, 2.05) is 0 Å². The first-order valence-corrected chi connectivity index (χ1v) is 8.10. The number of sulfonamides is 1. The average molecular weight is 372 g/mol. The maximum atomic E-state index is 12.2. The standard InChI is InChI=1S/C12H10BrN3O2S2/c13-9-5-11(7-15-6-9)20(17,18)16-10-3-1-8(2-4-10)12(14)19/h1-7,16H,(H2,14,19). The maximum absolute atomic E-state index is 12.2. The third kappa shape index (κ3) is 3.53. The van der Waals surface area contributed by atoms with Gasteiger partial charge in [0.2, 0.25) is 0 Å². The van der Waals surface area contributed by atoms with Crippen molar-refractivity contribution in [3.8, 4) is 0 Å². The SMILES string of the molecule is NC(=S)c1ccc(NS(=O)(=O)c2cncc(Br)c2)cc1. The summed E-state index contributed by atoms with van der Waals surface area (Å²) in [6.45, 7) is 0. The molecule has 104 valence electrons. The van der Waals surface area contributed by atoms with Gasteiger partial charge in [-0.15, -0.1) is 0 Å². The Kier molecular flexibility index (Phi) is 4.36. The van der Waals surface area contributed by atoms with Crippen molar-refractivity contribution in [3.05, 3.63) is 52.8 Å². The third-order valence-corrected chi connectivity index (χ3v) is 4.43. The summed E-state index contributed by atoms with van der Waals surface area (Å²) in [6, 6.07) is 7.96. The van der Waals surface area contributed by atoms with Crippen molar-refractivity contribution < 1.29 is 8.42 Å². The Labute approximate surface area is 130 Å². The number of halogens is 1. The molecule has 0 fully saturated rings. The number of nitrogens with two attached hydrogens (primary N) is 1. The zero-order valence-electron chi connectivity index (χ0n) is 10.1. The summed E-state index contributed by atoms with van der Waals surface area (Å²) in [5.41, 5.74) is 6.57. The number of nitrogens with one attached hydrogen (secondary N) is 1. The largest absolute Gasteiger partial charge is 0.389 e. The predicted molar refractivity (Wildman–Crippen MR) is 85.1 cm³/mol. The molecule has 3 N–H and O–H groups in total. The smallest absolute Gasteiger partial charge is 0.263 e. The molecular weight excluding hydrogens is 362 g/mol. The number of aromatic nitrogens is 1. The molecule has 20 heavy (non-hydrogen) atoms. The Morgan fingerprint density at radius 1 is 1.25 bits per heavy atom. The molecule has 2 aromatic rings. The molecule has 1 heterocycles. The van der Waals surface area contributed by atoms with Crippen molar-refractivity contribution in [1.29, 1.82) is 0 Å². The van der Waals surface area contributed by atoms with Crippen LogP contribution in [0.15, 0.2) is 52.1 Å². The Morgan fingerprint density at radius 2 is 1.90 bits per heavy atom. The van der Waals surface area contributed by atoms with E-state index >= 15 is 0 Å². The van der Waals surface area contributed by atoms with Crippen LogP contribution in [-0.4, -0.2) is 18.4 Å². The minimum Gasteiger partial charge on any atom is -0.389 e. The van der Waals surface area contributed by atoms with Crippen molar-refractivity contribution in [2.24, 2.45) is 5.73 Å². The van der Waals surface area contributed by atoms with Gasteiger partial charge in [0, 0.05) is 28.1 Å². The Balaban J connectivity index is 2.26. The molecule has 8 heteroatoms. The van der Waals surface area contributed by atoms with Crippen molar-refractivity contribution in [1.82, 2.24) is 4.98 Å². The minimum absolute atomic E-state index is 0.0743. The second-order valence-corrected chi connectivity index (χ2v) is 6.92. The zero-order chi connectivity index (χ0) is 14.8. The fourth-order valence-electron chi connectivity index (χ4n) is 1.46. The summed E-state index contributed by atoms with van der Waals surface area (Å²) < 4.78 is 27.3. The molecule has 0 radical (unpaired) electrons. The van der Waals surface area contributed by atoms with E-state index < -0.39 is 10.0 Å². The van der Waals surface area contributed by atoms with E-state index in [1.54, 1.807) is 24.3 Å². The predicted octanol–water partition coefficient (Wildman–Crippen LogP) is 2.28. The lowest BCUT2D eigenvalue weighted by Crippen LogP contribution is -2.14. The van der Waals surface area contributed by atoms with Gasteiger partial charge in [-0.1, -0.05) is 12.2 Å². The van der Waals surface area contributed by atoms with Crippen LogP contribution in [0.4, 0.5) is 5.69 Å². The molecule has 2 rings (SSSR count). The van der Waals surface area contributed by atoms with E-state index in [1.165, 1.54) is 18.5 Å². The normalized spacial score (nSPS) is 11.1. The van der Waals surface area contributed by atoms with E-state index in [9.17, 15) is 8.42 Å². The van der Waals surface area contributed by atoms with Crippen LogP contribution in [0.5, 0.6) is 0 Å². The highest BCUT2D eigenvalue weighted by atomic mass is 79.9. The van der Waals surface area contributed by atoms with Crippen LogP contribution < -0.4 is 10.5 Å². The Bertz CT molecular complexity index is 746. The molecular formula is C12H10BrN3O2S2. The van der Waals surface area contributed by atoms with E-state index in [2.05, 4.69) is 25.6 Å². The van der Waals surface area contributed by atoms with Crippen LogP contribution in [0.3, 0.4) is 0 Å². The number of anilines is 1. The van der Waals surface area contributed by atoms with Crippen LogP contribution >= 0.6 is 28.1 Å². The molecule has 0 saturated heterocycles. The number of nitrogens with zero attached hydrogens (tertiary/aromatic N) is 1. The Hall–Kier alpha value is -1.51. The molecule has 0 bridgehead atoms. The van der Waals surface area contributed by atoms with Crippen LogP contribution in [0, 0.1) is 0 Å². The number of rotatable bonds is 4. The maximum Gasteiger partial charge on any atom is 0.263 e. The van der Waals surface area contributed by atoms with Gasteiger partial charge >= 0.3 is 0 Å². The van der Waals surface area contributed by atoms with Gasteiger partial charge in [-0.3, -0.25) is 9.71 Å². The molecule has 0 atom stereocenters. The monoisotopic (exact) mass is 371 g/mol. The van der Waals surface area contributed by atoms with Crippen molar-refractivity contribution in [2.75, 3.05) is 4.72 Å². The minimum atomic E-state index is -3.68. The van der Waals surface area contributed by atoms with Gasteiger partial charge in [-0.05, 0) is 46.3 Å². The highest BCUT2D eigenvalue weighted by Gasteiger charge is 2.15. The number of hydrogen-bond donors (Lipinski definition) is 2. The summed E-state index contributed by atoms with van der Waals surface area (Å²) in [4.78, 5) is 4.16. The molecule has 0 aliphatic carbocycles. The van der Waals surface area contributed by atoms with Gasteiger partial charge in [0.1, 0.15) is 9.88 Å². The van der Waals surface area contributed by atoms with Crippen LogP contribution in [-0.2, 0) is 10.0 Å². The fraction of sp³-hybridized carbons (Fsp3) is 0. The molecule has 5 nitrogen and oxygen atoms in total. The van der Waals surface area contributed by atoms with E-state index in [0.717, 1.165) is 0 Å². The molecule has 0 spiro atoms. The second kappa shape index (κ2) is 5.86. The molecule has 0 amide bonds. The van der Waals surface area contributed by atoms with Crippen LogP contribution in [0.1, 0.15) is 5.56 Å². The first-order chi connectivity index (χ1) is 9.38. The van der Waals surface area contributed by atoms with E-state index in [0.29, 0.717) is 15.7 Å². The average Bonchev–Trinajstić information content (AvgIpc) is 2.39. The van der Waals surface area contributed by atoms with Crippen LogP contribution in [0.25, 0.3) is 0 Å². The topological polar surface area (TPSA) is 85.1 Å². The van der Waals surface area contributed by atoms with Crippen molar-refractivity contribution >= 4 is 48.8 Å². The third-order valence-electron chi connectivity index (χ3n) is 2.41. The van der Waals surface area contributed by atoms with E-state index in [-0.39, 0.29) is 9.88 Å². The molecule has 0 aliphatic rings. The molecule has 0 saturated carbocycles. The summed E-state index contributed by atoms with van der Waals surface area (Å²) in [5.74, 6) is 0. The van der Waals surface area contributed by atoms with Gasteiger partial charge < -0.3 is 5.73 Å². The second-order valence-electron chi connectivity index (χ2n) is 3.89. The van der Waals surface area contributed by atoms with Gasteiger partial charge in [-0.25, -0.2) is 8.42 Å². The van der Waals surface area contributed by atoms with Crippen molar-refractivity contribution in [3.63, 3.8) is 0 Å². The first kappa shape index (κ1) is 14.9. The summed E-state index contributed by atoms with van der Waals surface area (Å²) in [7, 11) is -3.68. The highest BCUT2D eigenvalue weighted by molar-refractivity contribution is 9.10. The number of hydrogen-bond acceptors (Lipinski definition) is 4. The fourth-order valence-corrected chi connectivity index (χ4v) is 3.15. The molecule has 1 aromatic carbocycles.